The maximum atomic E-state index is 12.9. The average molecular weight is 298 g/mol. The predicted octanol–water partition coefficient (Wildman–Crippen LogP) is 3.66. The van der Waals surface area contributed by atoms with Crippen molar-refractivity contribution in [3.8, 4) is 0 Å². The number of esters is 1. The molecule has 0 fully saturated rings. The molecule has 0 unspecified atom stereocenters. The molecule has 0 aromatic heterocycles. The number of ketones is 1. The highest BCUT2D eigenvalue weighted by molar-refractivity contribution is 6.26. The molecule has 0 heterocycles. The third-order valence-corrected chi connectivity index (χ3v) is 2.96. The topological polar surface area (TPSA) is 43.4 Å². The summed E-state index contributed by atoms with van der Waals surface area (Å²) in [6.07, 6.45) is 1.41. The van der Waals surface area contributed by atoms with Gasteiger partial charge in [-0.3, -0.25) is 4.79 Å². The highest BCUT2D eigenvalue weighted by Gasteiger charge is 2.20. The van der Waals surface area contributed by atoms with Crippen LogP contribution in [0.15, 0.2) is 60.2 Å². The second kappa shape index (κ2) is 7.31. The summed E-state index contributed by atoms with van der Waals surface area (Å²) in [5.41, 5.74) is 0.859. The third kappa shape index (κ3) is 3.88. The Balaban J connectivity index is 2.40. The molecular weight excluding hydrogens is 283 g/mol. The summed E-state index contributed by atoms with van der Waals surface area (Å²) >= 11 is 0. The quantitative estimate of drug-likeness (QED) is 0.278. The summed E-state index contributed by atoms with van der Waals surface area (Å²) in [7, 11) is 0. The lowest BCUT2D eigenvalue weighted by Gasteiger charge is -2.07. The number of benzene rings is 2. The van der Waals surface area contributed by atoms with E-state index >= 15 is 0 Å². The molecule has 0 aliphatic carbocycles. The molecule has 0 N–H and O–H groups in total. The molecule has 22 heavy (non-hydrogen) atoms. The van der Waals surface area contributed by atoms with Gasteiger partial charge in [0, 0.05) is 5.56 Å². The number of carbonyl (C=O) groups is 2. The van der Waals surface area contributed by atoms with Gasteiger partial charge in [0.1, 0.15) is 11.4 Å². The molecule has 0 amide bonds. The molecule has 0 saturated carbocycles. The fourth-order valence-electron chi connectivity index (χ4n) is 1.90. The first kappa shape index (κ1) is 15.6. The summed E-state index contributed by atoms with van der Waals surface area (Å²) in [4.78, 5) is 24.5. The number of ether oxygens (including phenoxy) is 1. The Hall–Kier alpha value is -2.75. The second-order valence-electron chi connectivity index (χ2n) is 4.53. The van der Waals surface area contributed by atoms with Gasteiger partial charge >= 0.3 is 5.97 Å². The number of rotatable bonds is 5. The van der Waals surface area contributed by atoms with E-state index in [2.05, 4.69) is 0 Å². The minimum Gasteiger partial charge on any atom is -0.462 e. The van der Waals surface area contributed by atoms with Gasteiger partial charge in [-0.2, -0.15) is 0 Å². The fourth-order valence-corrected chi connectivity index (χ4v) is 1.90. The maximum absolute atomic E-state index is 12.9. The molecule has 0 radical (unpaired) electrons. The average Bonchev–Trinajstić information content (AvgIpc) is 2.54. The van der Waals surface area contributed by atoms with Gasteiger partial charge in [0.25, 0.3) is 0 Å². The van der Waals surface area contributed by atoms with Crippen LogP contribution in [0.2, 0.25) is 0 Å². The van der Waals surface area contributed by atoms with Crippen LogP contribution >= 0.6 is 0 Å². The monoisotopic (exact) mass is 298 g/mol. The summed E-state index contributed by atoms with van der Waals surface area (Å²) in [6.45, 7) is 1.84. The van der Waals surface area contributed by atoms with Gasteiger partial charge in [-0.25, -0.2) is 9.18 Å². The normalized spacial score (nSPS) is 11.1. The van der Waals surface area contributed by atoms with Gasteiger partial charge in [0.15, 0.2) is 5.78 Å². The van der Waals surface area contributed by atoms with Crippen LogP contribution in [0, 0.1) is 5.82 Å². The molecule has 2 aromatic carbocycles. The van der Waals surface area contributed by atoms with E-state index in [1.54, 1.807) is 37.3 Å². The molecule has 0 spiro atoms. The highest BCUT2D eigenvalue weighted by Crippen LogP contribution is 2.15. The number of hydrogen-bond acceptors (Lipinski definition) is 3. The van der Waals surface area contributed by atoms with Crippen molar-refractivity contribution in [3.63, 3.8) is 0 Å². The standard InChI is InChI=1S/C18H15FO3/c1-2-22-18(21)16(12-13-8-10-15(19)11-9-13)17(20)14-6-4-3-5-7-14/h3-12H,2H2,1H3/b16-12+. The minimum absolute atomic E-state index is 0.0836. The number of hydrogen-bond donors (Lipinski definition) is 0. The number of Topliss-reactive ketones (excluding diaryl/α,β-unsaturated/α-hetero) is 1. The Labute approximate surface area is 128 Å². The summed E-state index contributed by atoms with van der Waals surface area (Å²) in [5, 5.41) is 0. The van der Waals surface area contributed by atoms with E-state index in [4.69, 9.17) is 4.74 Å². The van der Waals surface area contributed by atoms with E-state index in [1.807, 2.05) is 0 Å². The van der Waals surface area contributed by atoms with Crippen LogP contribution in [0.3, 0.4) is 0 Å². The molecule has 3 nitrogen and oxygen atoms in total. The van der Waals surface area contributed by atoms with Gasteiger partial charge < -0.3 is 4.74 Å². The zero-order chi connectivity index (χ0) is 15.9. The van der Waals surface area contributed by atoms with E-state index in [0.29, 0.717) is 11.1 Å². The van der Waals surface area contributed by atoms with Crippen LogP contribution in [0.1, 0.15) is 22.8 Å². The Bertz CT molecular complexity index is 688. The van der Waals surface area contributed by atoms with Crippen molar-refractivity contribution in [1.29, 1.82) is 0 Å². The Morgan fingerprint density at radius 3 is 2.27 bits per heavy atom. The van der Waals surface area contributed by atoms with E-state index in [1.165, 1.54) is 30.3 Å². The van der Waals surface area contributed by atoms with Crippen molar-refractivity contribution in [2.24, 2.45) is 0 Å². The first-order valence-corrected chi connectivity index (χ1v) is 6.86. The van der Waals surface area contributed by atoms with Crippen molar-refractivity contribution in [1.82, 2.24) is 0 Å². The highest BCUT2D eigenvalue weighted by atomic mass is 19.1. The molecule has 0 atom stereocenters. The largest absolute Gasteiger partial charge is 0.462 e. The molecule has 0 aliphatic rings. The first-order valence-electron chi connectivity index (χ1n) is 6.86. The molecule has 0 aliphatic heterocycles. The number of halogens is 1. The maximum Gasteiger partial charge on any atom is 0.342 e. The second-order valence-corrected chi connectivity index (χ2v) is 4.53. The van der Waals surface area contributed by atoms with Crippen LogP contribution in [0.4, 0.5) is 4.39 Å². The van der Waals surface area contributed by atoms with Crippen LogP contribution < -0.4 is 0 Å². The molecular formula is C18H15FO3. The van der Waals surface area contributed by atoms with E-state index in [0.717, 1.165) is 0 Å². The van der Waals surface area contributed by atoms with Crippen molar-refractivity contribution in [2.45, 2.75) is 6.92 Å². The van der Waals surface area contributed by atoms with Gasteiger partial charge in [-0.15, -0.1) is 0 Å². The van der Waals surface area contributed by atoms with Crippen molar-refractivity contribution >= 4 is 17.8 Å². The Kier molecular flexibility index (Phi) is 5.20. The van der Waals surface area contributed by atoms with Gasteiger partial charge in [0.2, 0.25) is 0 Å². The predicted molar refractivity (Wildman–Crippen MR) is 81.8 cm³/mol. The summed E-state index contributed by atoms with van der Waals surface area (Å²) < 4.78 is 17.9. The first-order chi connectivity index (χ1) is 10.6. The van der Waals surface area contributed by atoms with Gasteiger partial charge in [0.05, 0.1) is 6.61 Å². The molecule has 0 bridgehead atoms. The third-order valence-electron chi connectivity index (χ3n) is 2.96. The van der Waals surface area contributed by atoms with Crippen molar-refractivity contribution < 1.29 is 18.7 Å². The zero-order valence-electron chi connectivity index (χ0n) is 12.1. The van der Waals surface area contributed by atoms with Crippen LogP contribution in [0.5, 0.6) is 0 Å². The Morgan fingerprint density at radius 2 is 1.68 bits per heavy atom. The van der Waals surface area contributed by atoms with Crippen molar-refractivity contribution in [3.05, 3.63) is 77.1 Å². The molecule has 2 aromatic rings. The van der Waals surface area contributed by atoms with Crippen LogP contribution in [0.25, 0.3) is 6.08 Å². The van der Waals surface area contributed by atoms with Crippen molar-refractivity contribution in [2.75, 3.05) is 6.61 Å². The lowest BCUT2D eigenvalue weighted by atomic mass is 10.0. The Morgan fingerprint density at radius 1 is 1.05 bits per heavy atom. The smallest absolute Gasteiger partial charge is 0.342 e. The van der Waals surface area contributed by atoms with Crippen LogP contribution in [-0.4, -0.2) is 18.4 Å². The fraction of sp³-hybridized carbons (Fsp3) is 0.111. The molecule has 0 saturated heterocycles. The molecule has 4 heteroatoms. The molecule has 2 rings (SSSR count). The van der Waals surface area contributed by atoms with E-state index in [-0.39, 0.29) is 18.0 Å². The lowest BCUT2D eigenvalue weighted by Crippen LogP contribution is -2.16. The molecule has 112 valence electrons. The van der Waals surface area contributed by atoms with Gasteiger partial charge in [-0.05, 0) is 30.7 Å². The van der Waals surface area contributed by atoms with E-state index in [9.17, 15) is 14.0 Å². The zero-order valence-corrected chi connectivity index (χ0v) is 12.1. The SMILES string of the molecule is CCOC(=O)/C(=C/c1ccc(F)cc1)C(=O)c1ccccc1. The number of carbonyl (C=O) groups excluding carboxylic acids is 2. The summed E-state index contributed by atoms with van der Waals surface area (Å²) in [5.74, 6) is -1.51. The lowest BCUT2D eigenvalue weighted by molar-refractivity contribution is -0.137. The van der Waals surface area contributed by atoms with Gasteiger partial charge in [-0.1, -0.05) is 42.5 Å². The van der Waals surface area contributed by atoms with Crippen LogP contribution in [-0.2, 0) is 9.53 Å². The summed E-state index contributed by atoms with van der Waals surface area (Å²) in [6, 6.07) is 14.0. The van der Waals surface area contributed by atoms with E-state index < -0.39 is 11.8 Å². The minimum atomic E-state index is -0.694.